The van der Waals surface area contributed by atoms with Crippen molar-refractivity contribution in [2.75, 3.05) is 13.2 Å². The smallest absolute Gasteiger partial charge is 0.325 e. The Bertz CT molecular complexity index is 1120. The number of nitrogens with zero attached hydrogens (tertiary/aromatic N) is 2. The Balaban J connectivity index is 1.75. The first-order chi connectivity index (χ1) is 15.0. The van der Waals surface area contributed by atoms with Gasteiger partial charge in [0.2, 0.25) is 5.91 Å². The summed E-state index contributed by atoms with van der Waals surface area (Å²) in [7, 11) is 0. The van der Waals surface area contributed by atoms with E-state index in [9.17, 15) is 14.0 Å². The van der Waals surface area contributed by atoms with Gasteiger partial charge in [0.1, 0.15) is 12.4 Å². The minimum atomic E-state index is -0.330. The summed E-state index contributed by atoms with van der Waals surface area (Å²) >= 11 is 0. The maximum absolute atomic E-state index is 14.2. The molecule has 4 rings (SSSR count). The predicted molar refractivity (Wildman–Crippen MR) is 118 cm³/mol. The lowest BCUT2D eigenvalue weighted by Gasteiger charge is -2.22. The zero-order valence-corrected chi connectivity index (χ0v) is 17.9. The molecule has 1 aliphatic rings. The average Bonchev–Trinajstić information content (AvgIpc) is 3.55. The molecule has 1 amide bonds. The number of ether oxygens (including phenoxy) is 1. The van der Waals surface area contributed by atoms with E-state index in [2.05, 4.69) is 0 Å². The second-order valence-corrected chi connectivity index (χ2v) is 7.92. The van der Waals surface area contributed by atoms with Crippen molar-refractivity contribution in [3.63, 3.8) is 0 Å². The topological polar surface area (TPSA) is 51.5 Å². The minimum absolute atomic E-state index is 0.103. The summed E-state index contributed by atoms with van der Waals surface area (Å²) < 4.78 is 21.2. The Labute approximate surface area is 181 Å². The number of para-hydroxylation sites is 1. The van der Waals surface area contributed by atoms with Gasteiger partial charge in [-0.05, 0) is 56.0 Å². The lowest BCUT2D eigenvalue weighted by molar-refractivity contribution is -0.143. The zero-order valence-electron chi connectivity index (χ0n) is 17.9. The molecule has 0 saturated heterocycles. The molecule has 1 aromatic heterocycles. The Morgan fingerprint density at radius 3 is 2.61 bits per heavy atom. The molecule has 0 spiro atoms. The van der Waals surface area contributed by atoms with Crippen LogP contribution in [0.4, 0.5) is 4.39 Å². The average molecular weight is 423 g/mol. The van der Waals surface area contributed by atoms with Gasteiger partial charge in [0, 0.05) is 41.7 Å². The number of benzene rings is 2. The molecule has 1 aliphatic carbocycles. The molecule has 0 aliphatic heterocycles. The summed E-state index contributed by atoms with van der Waals surface area (Å²) in [4.78, 5) is 26.6. The van der Waals surface area contributed by atoms with Crippen LogP contribution in [0.5, 0.6) is 0 Å². The highest BCUT2D eigenvalue weighted by Crippen LogP contribution is 2.35. The molecular weight excluding hydrogens is 395 g/mol. The number of esters is 1. The summed E-state index contributed by atoms with van der Waals surface area (Å²) in [6.45, 7) is 5.10. The van der Waals surface area contributed by atoms with Gasteiger partial charge in [0.15, 0.2) is 0 Å². The zero-order chi connectivity index (χ0) is 22.0. The molecular formula is C25H27FN2O3. The molecule has 1 saturated carbocycles. The van der Waals surface area contributed by atoms with E-state index in [1.807, 2.05) is 42.0 Å². The van der Waals surface area contributed by atoms with Crippen LogP contribution in [0.1, 0.15) is 32.3 Å². The number of hydrogen-bond donors (Lipinski definition) is 0. The van der Waals surface area contributed by atoms with Crippen LogP contribution < -0.4 is 0 Å². The molecule has 0 radical (unpaired) electrons. The van der Waals surface area contributed by atoms with E-state index >= 15 is 0 Å². The third-order valence-electron chi connectivity index (χ3n) is 5.73. The number of rotatable bonds is 8. The van der Waals surface area contributed by atoms with Gasteiger partial charge < -0.3 is 14.2 Å². The Morgan fingerprint density at radius 1 is 1.13 bits per heavy atom. The summed E-state index contributed by atoms with van der Waals surface area (Å²) in [5.74, 6) is -0.379. The van der Waals surface area contributed by atoms with Crippen LogP contribution in [0.2, 0.25) is 0 Å². The molecule has 0 unspecified atom stereocenters. The number of fused-ring (bicyclic) bond motifs is 1. The molecule has 0 N–H and O–H groups in total. The van der Waals surface area contributed by atoms with Crippen molar-refractivity contribution >= 4 is 22.8 Å². The van der Waals surface area contributed by atoms with E-state index in [1.54, 1.807) is 17.9 Å². The number of halogens is 1. The van der Waals surface area contributed by atoms with Crippen LogP contribution in [0.3, 0.4) is 0 Å². The Hall–Kier alpha value is -3.15. The summed E-state index contributed by atoms with van der Waals surface area (Å²) in [5.41, 5.74) is 3.43. The standard InChI is InChI=1S/C25H27FN2O3/c1-3-27(25(30)17-9-10-17)14-18-13-19(26)11-12-20(18)22-15-28(16-24(29)31-4-2)23-8-6-5-7-21(22)23/h5-8,11-13,15,17H,3-4,9-10,14,16H2,1-2H3. The predicted octanol–water partition coefficient (Wildman–Crippen LogP) is 4.77. The van der Waals surface area contributed by atoms with E-state index in [-0.39, 0.29) is 30.2 Å². The highest BCUT2D eigenvalue weighted by atomic mass is 19.1. The molecule has 2 aromatic carbocycles. The Kier molecular flexibility index (Phi) is 6.07. The second kappa shape index (κ2) is 8.92. The van der Waals surface area contributed by atoms with Gasteiger partial charge in [-0.3, -0.25) is 9.59 Å². The normalized spacial score (nSPS) is 13.4. The van der Waals surface area contributed by atoms with Crippen LogP contribution in [-0.4, -0.2) is 34.5 Å². The van der Waals surface area contributed by atoms with Crippen molar-refractivity contribution in [3.8, 4) is 11.1 Å². The van der Waals surface area contributed by atoms with Gasteiger partial charge in [-0.15, -0.1) is 0 Å². The molecule has 5 nitrogen and oxygen atoms in total. The van der Waals surface area contributed by atoms with Gasteiger partial charge in [-0.1, -0.05) is 24.3 Å². The van der Waals surface area contributed by atoms with Crippen molar-refractivity contribution in [1.82, 2.24) is 9.47 Å². The highest BCUT2D eigenvalue weighted by Gasteiger charge is 2.33. The lowest BCUT2D eigenvalue weighted by Crippen LogP contribution is -2.31. The number of carbonyl (C=O) groups is 2. The number of carbonyl (C=O) groups excluding carboxylic acids is 2. The molecule has 1 heterocycles. The third kappa shape index (κ3) is 4.48. The quantitative estimate of drug-likeness (QED) is 0.492. The van der Waals surface area contributed by atoms with Crippen molar-refractivity contribution in [2.24, 2.45) is 5.92 Å². The number of amides is 1. The summed E-state index contributed by atoms with van der Waals surface area (Å²) in [5, 5.41) is 0.969. The number of aromatic nitrogens is 1. The lowest BCUT2D eigenvalue weighted by atomic mass is 9.98. The van der Waals surface area contributed by atoms with E-state index < -0.39 is 0 Å². The minimum Gasteiger partial charge on any atom is -0.465 e. The van der Waals surface area contributed by atoms with Crippen molar-refractivity contribution in [3.05, 3.63) is 60.0 Å². The maximum atomic E-state index is 14.2. The van der Waals surface area contributed by atoms with Crippen LogP contribution in [0.25, 0.3) is 22.0 Å². The van der Waals surface area contributed by atoms with E-state index in [0.717, 1.165) is 40.4 Å². The first kappa shape index (κ1) is 21.1. The van der Waals surface area contributed by atoms with Crippen LogP contribution in [0.15, 0.2) is 48.7 Å². The monoisotopic (exact) mass is 422 g/mol. The van der Waals surface area contributed by atoms with Gasteiger partial charge in [0.05, 0.1) is 6.61 Å². The van der Waals surface area contributed by atoms with E-state index in [4.69, 9.17) is 4.74 Å². The molecule has 0 atom stereocenters. The summed E-state index contributed by atoms with van der Waals surface area (Å²) in [6, 6.07) is 12.5. The highest BCUT2D eigenvalue weighted by molar-refractivity contribution is 5.97. The van der Waals surface area contributed by atoms with Gasteiger partial charge in [0.25, 0.3) is 0 Å². The molecule has 162 valence electrons. The first-order valence-corrected chi connectivity index (χ1v) is 10.8. The molecule has 6 heteroatoms. The fourth-order valence-corrected chi connectivity index (χ4v) is 4.03. The molecule has 1 fully saturated rings. The largest absolute Gasteiger partial charge is 0.465 e. The maximum Gasteiger partial charge on any atom is 0.325 e. The fourth-order valence-electron chi connectivity index (χ4n) is 4.03. The van der Waals surface area contributed by atoms with E-state index in [0.29, 0.717) is 19.7 Å². The second-order valence-electron chi connectivity index (χ2n) is 7.92. The van der Waals surface area contributed by atoms with Crippen LogP contribution >= 0.6 is 0 Å². The number of hydrogen-bond acceptors (Lipinski definition) is 3. The third-order valence-corrected chi connectivity index (χ3v) is 5.73. The SMILES string of the molecule is CCOC(=O)Cn1cc(-c2ccc(F)cc2CN(CC)C(=O)C2CC2)c2ccccc21. The van der Waals surface area contributed by atoms with Crippen LogP contribution in [-0.2, 0) is 27.4 Å². The summed E-state index contributed by atoms with van der Waals surface area (Å²) in [6.07, 6.45) is 3.79. The van der Waals surface area contributed by atoms with Gasteiger partial charge in [-0.2, -0.15) is 0 Å². The van der Waals surface area contributed by atoms with Gasteiger partial charge >= 0.3 is 5.97 Å². The van der Waals surface area contributed by atoms with Crippen molar-refractivity contribution in [2.45, 2.75) is 39.8 Å². The molecule has 0 bridgehead atoms. The first-order valence-electron chi connectivity index (χ1n) is 10.8. The molecule has 31 heavy (non-hydrogen) atoms. The van der Waals surface area contributed by atoms with Crippen molar-refractivity contribution < 1.29 is 18.7 Å². The van der Waals surface area contributed by atoms with Crippen LogP contribution in [0, 0.1) is 11.7 Å². The van der Waals surface area contributed by atoms with E-state index in [1.165, 1.54) is 12.1 Å². The van der Waals surface area contributed by atoms with Gasteiger partial charge in [-0.25, -0.2) is 4.39 Å². The fraction of sp³-hybridized carbons (Fsp3) is 0.360. The van der Waals surface area contributed by atoms with Crippen molar-refractivity contribution in [1.29, 1.82) is 0 Å². The molecule has 3 aromatic rings. The Morgan fingerprint density at radius 2 is 1.90 bits per heavy atom.